The maximum absolute atomic E-state index is 11.7. The number of carbonyl (C=O) groups is 1. The van der Waals surface area contributed by atoms with Gasteiger partial charge in [0.15, 0.2) is 6.61 Å². The van der Waals surface area contributed by atoms with Crippen LogP contribution in [0.5, 0.6) is 5.75 Å². The summed E-state index contributed by atoms with van der Waals surface area (Å²) >= 11 is 0. The third kappa shape index (κ3) is 2.28. The number of carbonyl (C=O) groups excluding carboxylic acids is 1. The number of para-hydroxylation sites is 1. The molecule has 0 saturated heterocycles. The molecule has 1 heterocycles. The Labute approximate surface area is 93.5 Å². The summed E-state index contributed by atoms with van der Waals surface area (Å²) in [6.45, 7) is 1.79. The summed E-state index contributed by atoms with van der Waals surface area (Å²) in [6.07, 6.45) is 3.22. The zero-order chi connectivity index (χ0) is 11.4. The van der Waals surface area contributed by atoms with Crippen LogP contribution in [0, 0.1) is 6.92 Å². The van der Waals surface area contributed by atoms with Crippen LogP contribution in [-0.4, -0.2) is 22.1 Å². The van der Waals surface area contributed by atoms with Crippen LogP contribution in [0.1, 0.15) is 10.6 Å². The minimum Gasteiger partial charge on any atom is -0.484 e. The van der Waals surface area contributed by atoms with Gasteiger partial charge in [-0.15, -0.1) is 0 Å². The van der Waals surface area contributed by atoms with Crippen molar-refractivity contribution in [2.45, 2.75) is 6.92 Å². The zero-order valence-corrected chi connectivity index (χ0v) is 8.96. The SMILES string of the molecule is Cc1nccn1C(=O)COc1ccccc1. The highest BCUT2D eigenvalue weighted by Crippen LogP contribution is 2.08. The van der Waals surface area contributed by atoms with Crippen molar-refractivity contribution in [1.29, 1.82) is 0 Å². The Balaban J connectivity index is 1.97. The first-order valence-corrected chi connectivity index (χ1v) is 4.98. The van der Waals surface area contributed by atoms with Crippen LogP contribution in [0.15, 0.2) is 42.7 Å². The molecule has 0 N–H and O–H groups in total. The summed E-state index contributed by atoms with van der Waals surface area (Å²) in [7, 11) is 0. The number of benzene rings is 1. The lowest BCUT2D eigenvalue weighted by Crippen LogP contribution is -2.19. The van der Waals surface area contributed by atoms with E-state index in [2.05, 4.69) is 4.98 Å². The van der Waals surface area contributed by atoms with Crippen molar-refractivity contribution in [3.05, 3.63) is 48.5 Å². The van der Waals surface area contributed by atoms with E-state index >= 15 is 0 Å². The normalized spacial score (nSPS) is 10.1. The van der Waals surface area contributed by atoms with Crippen molar-refractivity contribution in [1.82, 2.24) is 9.55 Å². The summed E-state index contributed by atoms with van der Waals surface area (Å²) in [4.78, 5) is 15.7. The highest BCUT2D eigenvalue weighted by Gasteiger charge is 2.07. The van der Waals surface area contributed by atoms with Crippen molar-refractivity contribution < 1.29 is 9.53 Å². The number of nitrogens with zero attached hydrogens (tertiary/aromatic N) is 2. The van der Waals surface area contributed by atoms with E-state index in [1.54, 1.807) is 19.3 Å². The van der Waals surface area contributed by atoms with Gasteiger partial charge in [-0.3, -0.25) is 9.36 Å². The fraction of sp³-hybridized carbons (Fsp3) is 0.167. The first kappa shape index (κ1) is 10.4. The molecule has 1 aromatic carbocycles. The Kier molecular flexibility index (Phi) is 3.00. The molecule has 2 aromatic rings. The van der Waals surface area contributed by atoms with Gasteiger partial charge >= 0.3 is 0 Å². The number of rotatable bonds is 3. The second-order valence-electron chi connectivity index (χ2n) is 3.34. The summed E-state index contributed by atoms with van der Waals surface area (Å²) < 4.78 is 6.82. The van der Waals surface area contributed by atoms with Gasteiger partial charge in [-0.05, 0) is 19.1 Å². The van der Waals surface area contributed by atoms with Crippen LogP contribution in [0.3, 0.4) is 0 Å². The molecule has 1 aromatic heterocycles. The third-order valence-electron chi connectivity index (χ3n) is 2.20. The lowest BCUT2D eigenvalue weighted by molar-refractivity contribution is 0.0835. The maximum Gasteiger partial charge on any atom is 0.269 e. The molecule has 0 radical (unpaired) electrons. The molecule has 82 valence electrons. The van der Waals surface area contributed by atoms with Crippen molar-refractivity contribution in [3.63, 3.8) is 0 Å². The monoisotopic (exact) mass is 216 g/mol. The smallest absolute Gasteiger partial charge is 0.269 e. The molecule has 2 rings (SSSR count). The number of hydrogen-bond donors (Lipinski definition) is 0. The Hall–Kier alpha value is -2.10. The number of aryl methyl sites for hydroxylation is 1. The lowest BCUT2D eigenvalue weighted by atomic mass is 10.3. The van der Waals surface area contributed by atoms with E-state index in [1.807, 2.05) is 30.3 Å². The average Bonchev–Trinajstić information content (AvgIpc) is 2.74. The number of hydrogen-bond acceptors (Lipinski definition) is 3. The Bertz CT molecular complexity index is 477. The molecular formula is C12H12N2O2. The molecule has 0 spiro atoms. The fourth-order valence-corrected chi connectivity index (χ4v) is 1.37. The van der Waals surface area contributed by atoms with Crippen LogP contribution in [0.2, 0.25) is 0 Å². The van der Waals surface area contributed by atoms with Gasteiger partial charge in [-0.2, -0.15) is 0 Å². The Morgan fingerprint density at radius 3 is 2.75 bits per heavy atom. The molecule has 0 aliphatic carbocycles. The van der Waals surface area contributed by atoms with Crippen LogP contribution in [0.4, 0.5) is 0 Å². The largest absolute Gasteiger partial charge is 0.484 e. The lowest BCUT2D eigenvalue weighted by Gasteiger charge is -2.06. The van der Waals surface area contributed by atoms with Crippen LogP contribution in [0.25, 0.3) is 0 Å². The molecule has 0 unspecified atom stereocenters. The molecule has 0 bridgehead atoms. The van der Waals surface area contributed by atoms with Crippen molar-refractivity contribution in [2.24, 2.45) is 0 Å². The predicted molar refractivity (Wildman–Crippen MR) is 59.5 cm³/mol. The number of ether oxygens (including phenoxy) is 1. The standard InChI is InChI=1S/C12H12N2O2/c1-10-13-7-8-14(10)12(15)9-16-11-5-3-2-4-6-11/h2-8H,9H2,1H3. The molecule has 4 nitrogen and oxygen atoms in total. The molecule has 0 aliphatic heterocycles. The average molecular weight is 216 g/mol. The van der Waals surface area contributed by atoms with E-state index in [4.69, 9.17) is 4.74 Å². The topological polar surface area (TPSA) is 44.1 Å². The first-order chi connectivity index (χ1) is 7.77. The highest BCUT2D eigenvalue weighted by molar-refractivity contribution is 5.80. The predicted octanol–water partition coefficient (Wildman–Crippen LogP) is 1.91. The van der Waals surface area contributed by atoms with E-state index in [1.165, 1.54) is 4.57 Å². The van der Waals surface area contributed by atoms with Gasteiger partial charge in [0.1, 0.15) is 11.6 Å². The van der Waals surface area contributed by atoms with Gasteiger partial charge < -0.3 is 4.74 Å². The molecule has 0 fully saturated rings. The van der Waals surface area contributed by atoms with E-state index < -0.39 is 0 Å². The first-order valence-electron chi connectivity index (χ1n) is 4.98. The highest BCUT2D eigenvalue weighted by atomic mass is 16.5. The van der Waals surface area contributed by atoms with Crippen molar-refractivity contribution in [2.75, 3.05) is 6.61 Å². The Morgan fingerprint density at radius 2 is 2.12 bits per heavy atom. The van der Waals surface area contributed by atoms with E-state index in [9.17, 15) is 4.79 Å². The molecule has 0 amide bonds. The molecule has 16 heavy (non-hydrogen) atoms. The van der Waals surface area contributed by atoms with E-state index in [0.29, 0.717) is 11.6 Å². The summed E-state index contributed by atoms with van der Waals surface area (Å²) in [5.41, 5.74) is 0. The van der Waals surface area contributed by atoms with Crippen LogP contribution >= 0.6 is 0 Å². The second kappa shape index (κ2) is 4.61. The summed E-state index contributed by atoms with van der Waals surface area (Å²) in [5, 5.41) is 0. The van der Waals surface area contributed by atoms with Crippen molar-refractivity contribution in [3.8, 4) is 5.75 Å². The van der Waals surface area contributed by atoms with E-state index in [0.717, 1.165) is 0 Å². The quantitative estimate of drug-likeness (QED) is 0.787. The Morgan fingerprint density at radius 1 is 1.38 bits per heavy atom. The minimum atomic E-state index is -0.126. The van der Waals surface area contributed by atoms with Gasteiger partial charge in [-0.25, -0.2) is 4.98 Å². The molecule has 0 aliphatic rings. The van der Waals surface area contributed by atoms with Crippen molar-refractivity contribution >= 4 is 5.91 Å². The maximum atomic E-state index is 11.7. The van der Waals surface area contributed by atoms with Gasteiger partial charge in [0, 0.05) is 12.4 Å². The number of aromatic nitrogens is 2. The molecule has 0 atom stereocenters. The van der Waals surface area contributed by atoms with E-state index in [-0.39, 0.29) is 12.5 Å². The summed E-state index contributed by atoms with van der Waals surface area (Å²) in [6, 6.07) is 9.25. The van der Waals surface area contributed by atoms with Crippen LogP contribution in [-0.2, 0) is 0 Å². The van der Waals surface area contributed by atoms with Gasteiger partial charge in [0.2, 0.25) is 0 Å². The van der Waals surface area contributed by atoms with Crippen LogP contribution < -0.4 is 4.74 Å². The van der Waals surface area contributed by atoms with Gasteiger partial charge in [0.05, 0.1) is 0 Å². The minimum absolute atomic E-state index is 0.0151. The van der Waals surface area contributed by atoms with Gasteiger partial charge in [0.25, 0.3) is 5.91 Å². The summed E-state index contributed by atoms with van der Waals surface area (Å²) in [5.74, 6) is 1.23. The molecule has 0 saturated carbocycles. The molecular weight excluding hydrogens is 204 g/mol. The van der Waals surface area contributed by atoms with Gasteiger partial charge in [-0.1, -0.05) is 18.2 Å². The third-order valence-corrected chi connectivity index (χ3v) is 2.20. The second-order valence-corrected chi connectivity index (χ2v) is 3.34. The molecule has 4 heteroatoms. The number of imidazole rings is 1. The fourth-order valence-electron chi connectivity index (χ4n) is 1.37. The zero-order valence-electron chi connectivity index (χ0n) is 8.96.